The molecule has 1 aliphatic heterocycles. The molecule has 3 rings (SSSR count). The zero-order chi connectivity index (χ0) is 16.6. The molecule has 0 radical (unpaired) electrons. The van der Waals surface area contributed by atoms with E-state index >= 15 is 0 Å². The van der Waals surface area contributed by atoms with E-state index in [1.54, 1.807) is 17.0 Å². The highest BCUT2D eigenvalue weighted by atomic mass is 16.5. The summed E-state index contributed by atoms with van der Waals surface area (Å²) in [5.41, 5.74) is 2.84. The van der Waals surface area contributed by atoms with E-state index in [0.29, 0.717) is 11.4 Å². The van der Waals surface area contributed by atoms with Crippen molar-refractivity contribution in [2.45, 2.75) is 13.0 Å². The summed E-state index contributed by atoms with van der Waals surface area (Å²) in [6, 6.07) is 12.8. The molecule has 1 unspecified atom stereocenters. The zero-order valence-electron chi connectivity index (χ0n) is 13.5. The van der Waals surface area contributed by atoms with Gasteiger partial charge in [0.2, 0.25) is 0 Å². The number of carbonyl (C=O) groups excluding carboxylic acids is 1. The van der Waals surface area contributed by atoms with E-state index in [-0.39, 0.29) is 24.3 Å². The van der Waals surface area contributed by atoms with Gasteiger partial charge in [0.25, 0.3) is 5.91 Å². The molecule has 0 fully saturated rings. The molecule has 1 atom stereocenters. The molecule has 0 saturated carbocycles. The number of aromatic hydroxyl groups is 1. The number of hydrogen-bond acceptors (Lipinski definition) is 4. The van der Waals surface area contributed by atoms with Crippen molar-refractivity contribution in [1.29, 1.82) is 0 Å². The molecule has 23 heavy (non-hydrogen) atoms. The minimum absolute atomic E-state index is 0.0173. The van der Waals surface area contributed by atoms with Crippen molar-refractivity contribution in [2.24, 2.45) is 0 Å². The Bertz CT molecular complexity index is 726. The minimum atomic E-state index is -0.120. The Morgan fingerprint density at radius 2 is 1.87 bits per heavy atom. The highest BCUT2D eigenvalue weighted by Crippen LogP contribution is 2.39. The monoisotopic (exact) mass is 312 g/mol. The first-order valence-electron chi connectivity index (χ1n) is 7.52. The maximum Gasteiger partial charge on any atom is 0.265 e. The SMILES string of the molecule is CC(c1ccc(N(C)C)cc1)N1C(=O)COc2cc(O)ccc21. The number of amides is 1. The van der Waals surface area contributed by atoms with Gasteiger partial charge in [0.15, 0.2) is 6.61 Å². The quantitative estimate of drug-likeness (QED) is 0.947. The maximum absolute atomic E-state index is 12.4. The van der Waals surface area contributed by atoms with E-state index in [0.717, 1.165) is 11.3 Å². The molecule has 0 bridgehead atoms. The van der Waals surface area contributed by atoms with Crippen LogP contribution in [0.2, 0.25) is 0 Å². The van der Waals surface area contributed by atoms with Crippen LogP contribution in [-0.4, -0.2) is 31.7 Å². The third-order valence-corrected chi connectivity index (χ3v) is 4.10. The lowest BCUT2D eigenvalue weighted by atomic mass is 10.0. The van der Waals surface area contributed by atoms with Crippen LogP contribution >= 0.6 is 0 Å². The Morgan fingerprint density at radius 1 is 1.17 bits per heavy atom. The molecule has 120 valence electrons. The fourth-order valence-electron chi connectivity index (χ4n) is 2.79. The first kappa shape index (κ1) is 15.2. The molecule has 0 aliphatic carbocycles. The fraction of sp³-hybridized carbons (Fsp3) is 0.278. The number of carbonyl (C=O) groups is 1. The zero-order valence-corrected chi connectivity index (χ0v) is 13.5. The molecule has 0 spiro atoms. The van der Waals surface area contributed by atoms with Gasteiger partial charge in [0.05, 0.1) is 11.7 Å². The summed E-state index contributed by atoms with van der Waals surface area (Å²) in [4.78, 5) is 16.1. The molecule has 5 nitrogen and oxygen atoms in total. The molecule has 2 aromatic rings. The first-order valence-corrected chi connectivity index (χ1v) is 7.52. The number of ether oxygens (including phenoxy) is 1. The first-order chi connectivity index (χ1) is 11.0. The van der Waals surface area contributed by atoms with E-state index in [2.05, 4.69) is 0 Å². The number of phenols is 1. The molecule has 5 heteroatoms. The predicted molar refractivity (Wildman–Crippen MR) is 90.3 cm³/mol. The summed E-state index contributed by atoms with van der Waals surface area (Å²) in [5.74, 6) is 0.565. The molecule has 1 N–H and O–H groups in total. The normalized spacial score (nSPS) is 14.9. The van der Waals surface area contributed by atoms with Crippen molar-refractivity contribution >= 4 is 17.3 Å². The van der Waals surface area contributed by atoms with Crippen molar-refractivity contribution in [3.8, 4) is 11.5 Å². The van der Waals surface area contributed by atoms with Gasteiger partial charge >= 0.3 is 0 Å². The van der Waals surface area contributed by atoms with Crippen molar-refractivity contribution in [2.75, 3.05) is 30.5 Å². The van der Waals surface area contributed by atoms with Crippen molar-refractivity contribution < 1.29 is 14.6 Å². The number of fused-ring (bicyclic) bond motifs is 1. The molecule has 0 aromatic heterocycles. The molecular weight excluding hydrogens is 292 g/mol. The van der Waals surface area contributed by atoms with Gasteiger partial charge in [0.1, 0.15) is 11.5 Å². The number of benzene rings is 2. The smallest absolute Gasteiger partial charge is 0.265 e. The van der Waals surface area contributed by atoms with Gasteiger partial charge in [-0.05, 0) is 36.8 Å². The lowest BCUT2D eigenvalue weighted by molar-refractivity contribution is -0.121. The Kier molecular flexibility index (Phi) is 3.86. The van der Waals surface area contributed by atoms with Crippen LogP contribution in [0.1, 0.15) is 18.5 Å². The van der Waals surface area contributed by atoms with Crippen LogP contribution in [0, 0.1) is 0 Å². The molecule has 1 amide bonds. The average Bonchev–Trinajstić information content (AvgIpc) is 2.54. The molecule has 2 aromatic carbocycles. The minimum Gasteiger partial charge on any atom is -0.508 e. The van der Waals surface area contributed by atoms with E-state index in [1.165, 1.54) is 6.07 Å². The van der Waals surface area contributed by atoms with Crippen LogP contribution in [0.5, 0.6) is 11.5 Å². The van der Waals surface area contributed by atoms with E-state index < -0.39 is 0 Å². The Hall–Kier alpha value is -2.69. The van der Waals surface area contributed by atoms with Crippen LogP contribution in [0.4, 0.5) is 11.4 Å². The number of anilines is 2. The lowest BCUT2D eigenvalue weighted by Gasteiger charge is -2.34. The molecular formula is C18H20N2O3. The second-order valence-corrected chi connectivity index (χ2v) is 5.87. The summed E-state index contributed by atoms with van der Waals surface area (Å²) in [6.45, 7) is 1.97. The second-order valence-electron chi connectivity index (χ2n) is 5.87. The van der Waals surface area contributed by atoms with Crippen LogP contribution in [-0.2, 0) is 4.79 Å². The number of phenolic OH excluding ortho intramolecular Hbond substituents is 1. The van der Waals surface area contributed by atoms with Crippen LogP contribution in [0.3, 0.4) is 0 Å². The number of nitrogens with zero attached hydrogens (tertiary/aromatic N) is 2. The Morgan fingerprint density at radius 3 is 2.52 bits per heavy atom. The lowest BCUT2D eigenvalue weighted by Crippen LogP contribution is -2.40. The molecule has 1 aliphatic rings. The van der Waals surface area contributed by atoms with Crippen LogP contribution in [0.25, 0.3) is 0 Å². The fourth-order valence-corrected chi connectivity index (χ4v) is 2.79. The second kappa shape index (κ2) is 5.83. The topological polar surface area (TPSA) is 53.0 Å². The summed E-state index contributed by atoms with van der Waals surface area (Å²) < 4.78 is 5.43. The average molecular weight is 312 g/mol. The third-order valence-electron chi connectivity index (χ3n) is 4.10. The largest absolute Gasteiger partial charge is 0.508 e. The summed E-state index contributed by atoms with van der Waals surface area (Å²) in [5, 5.41) is 9.59. The summed E-state index contributed by atoms with van der Waals surface area (Å²) >= 11 is 0. The standard InChI is InChI=1S/C18H20N2O3/c1-12(13-4-6-14(7-5-13)19(2)3)20-16-9-8-15(21)10-17(16)23-11-18(20)22/h4-10,12,21H,11H2,1-3H3. The van der Waals surface area contributed by atoms with Gasteiger partial charge in [-0.25, -0.2) is 0 Å². The van der Waals surface area contributed by atoms with Gasteiger partial charge in [-0.3, -0.25) is 9.69 Å². The Labute approximate surface area is 135 Å². The van der Waals surface area contributed by atoms with Gasteiger partial charge in [-0.15, -0.1) is 0 Å². The third kappa shape index (κ3) is 2.82. The molecule has 1 heterocycles. The van der Waals surface area contributed by atoms with Crippen molar-refractivity contribution in [3.63, 3.8) is 0 Å². The number of rotatable bonds is 3. The highest BCUT2D eigenvalue weighted by Gasteiger charge is 2.30. The summed E-state index contributed by atoms with van der Waals surface area (Å²) in [7, 11) is 3.99. The maximum atomic E-state index is 12.4. The van der Waals surface area contributed by atoms with Gasteiger partial charge in [0, 0.05) is 25.8 Å². The van der Waals surface area contributed by atoms with Crippen LogP contribution < -0.4 is 14.5 Å². The van der Waals surface area contributed by atoms with Gasteiger partial charge in [-0.2, -0.15) is 0 Å². The van der Waals surface area contributed by atoms with E-state index in [9.17, 15) is 9.90 Å². The van der Waals surface area contributed by atoms with Gasteiger partial charge < -0.3 is 14.7 Å². The van der Waals surface area contributed by atoms with Crippen molar-refractivity contribution in [1.82, 2.24) is 0 Å². The molecule has 0 saturated heterocycles. The van der Waals surface area contributed by atoms with Crippen molar-refractivity contribution in [3.05, 3.63) is 48.0 Å². The predicted octanol–water partition coefficient (Wildman–Crippen LogP) is 2.94. The van der Waals surface area contributed by atoms with E-state index in [1.807, 2.05) is 50.2 Å². The van der Waals surface area contributed by atoms with E-state index in [4.69, 9.17) is 4.74 Å². The van der Waals surface area contributed by atoms with Crippen LogP contribution in [0.15, 0.2) is 42.5 Å². The highest BCUT2D eigenvalue weighted by molar-refractivity contribution is 5.98. The van der Waals surface area contributed by atoms with Gasteiger partial charge in [-0.1, -0.05) is 12.1 Å². The summed E-state index contributed by atoms with van der Waals surface area (Å²) in [6.07, 6.45) is 0. The number of hydrogen-bond donors (Lipinski definition) is 1. The Balaban J connectivity index is 1.95.